The minimum Gasteiger partial charge on any atom is -0.347 e. The zero-order valence-corrected chi connectivity index (χ0v) is 16.5. The predicted octanol–water partition coefficient (Wildman–Crippen LogP) is 4.23. The van der Waals surface area contributed by atoms with Crippen molar-refractivity contribution in [2.45, 2.75) is 46.2 Å². The number of carbonyl (C=O) groups is 1. The van der Waals surface area contributed by atoms with Crippen LogP contribution in [0.1, 0.15) is 43.8 Å². The molecule has 0 saturated heterocycles. The number of thiazole rings is 1. The second-order valence-electron chi connectivity index (χ2n) is 6.12. The molecule has 3 N–H and O–H groups in total. The smallest absolute Gasteiger partial charge is 0.237 e. The van der Waals surface area contributed by atoms with Crippen molar-refractivity contribution in [2.24, 2.45) is 11.7 Å². The van der Waals surface area contributed by atoms with Crippen LogP contribution >= 0.6 is 23.7 Å². The number of nitrogens with zero attached hydrogens (tertiary/aromatic N) is 1. The summed E-state index contributed by atoms with van der Waals surface area (Å²) in [5.74, 6) is -0.283. The number of benzene rings is 1. The van der Waals surface area contributed by atoms with E-state index in [4.69, 9.17) is 5.73 Å². The summed E-state index contributed by atoms with van der Waals surface area (Å²) in [6, 6.07) is 5.57. The molecule has 0 aliphatic carbocycles. The predicted molar refractivity (Wildman–Crippen MR) is 103 cm³/mol. The van der Waals surface area contributed by atoms with Crippen molar-refractivity contribution in [1.29, 1.82) is 0 Å². The molecule has 0 fully saturated rings. The highest BCUT2D eigenvalue weighted by Crippen LogP contribution is 2.31. The fraction of sp³-hybridized carbons (Fsp3) is 0.444. The lowest BCUT2D eigenvalue weighted by molar-refractivity contribution is -0.124. The van der Waals surface area contributed by atoms with Gasteiger partial charge in [0.05, 0.1) is 22.7 Å². The lowest BCUT2D eigenvalue weighted by Gasteiger charge is -2.20. The zero-order valence-electron chi connectivity index (χ0n) is 14.9. The first-order chi connectivity index (χ1) is 11.3. The third kappa shape index (κ3) is 5.23. The van der Waals surface area contributed by atoms with Gasteiger partial charge in [0.2, 0.25) is 5.91 Å². The van der Waals surface area contributed by atoms with Gasteiger partial charge in [-0.25, -0.2) is 9.37 Å². The van der Waals surface area contributed by atoms with Crippen molar-refractivity contribution < 1.29 is 9.18 Å². The van der Waals surface area contributed by atoms with Crippen LogP contribution < -0.4 is 11.1 Å². The van der Waals surface area contributed by atoms with E-state index >= 15 is 0 Å². The highest BCUT2D eigenvalue weighted by Gasteiger charge is 2.23. The fourth-order valence-corrected chi connectivity index (χ4v) is 3.49. The maximum Gasteiger partial charge on any atom is 0.237 e. The largest absolute Gasteiger partial charge is 0.347 e. The number of rotatable bonds is 6. The number of hydrogen-bond donors (Lipinski definition) is 2. The molecule has 2 aromatic rings. The van der Waals surface area contributed by atoms with Crippen LogP contribution in [0, 0.1) is 18.7 Å². The van der Waals surface area contributed by atoms with E-state index in [-0.39, 0.29) is 36.1 Å². The highest BCUT2D eigenvalue weighted by molar-refractivity contribution is 7.15. The molecule has 7 heteroatoms. The Morgan fingerprint density at radius 2 is 1.92 bits per heavy atom. The van der Waals surface area contributed by atoms with Crippen molar-refractivity contribution >= 4 is 29.7 Å². The first-order valence-corrected chi connectivity index (χ1v) is 8.94. The molecule has 1 heterocycles. The van der Waals surface area contributed by atoms with Crippen LogP contribution in [0.2, 0.25) is 0 Å². The number of aromatic nitrogens is 1. The summed E-state index contributed by atoms with van der Waals surface area (Å²) >= 11 is 1.51. The molecule has 0 aliphatic heterocycles. The van der Waals surface area contributed by atoms with Crippen molar-refractivity contribution in [3.05, 3.63) is 40.7 Å². The highest BCUT2D eigenvalue weighted by atomic mass is 35.5. The maximum atomic E-state index is 13.1. The molecule has 0 aliphatic rings. The second kappa shape index (κ2) is 9.27. The number of halogens is 2. The molecule has 25 heavy (non-hydrogen) atoms. The number of nitrogens with one attached hydrogen (secondary N) is 1. The summed E-state index contributed by atoms with van der Waals surface area (Å²) in [6.45, 7) is 7.83. The zero-order chi connectivity index (χ0) is 17.9. The van der Waals surface area contributed by atoms with Gasteiger partial charge < -0.3 is 11.1 Å². The molecule has 2 rings (SSSR count). The topological polar surface area (TPSA) is 68.0 Å². The molecule has 0 bridgehead atoms. The van der Waals surface area contributed by atoms with Gasteiger partial charge in [0.25, 0.3) is 0 Å². The van der Waals surface area contributed by atoms with Gasteiger partial charge >= 0.3 is 0 Å². The third-order valence-electron chi connectivity index (χ3n) is 4.24. The van der Waals surface area contributed by atoms with Gasteiger partial charge in [0.15, 0.2) is 0 Å². The Morgan fingerprint density at radius 3 is 2.48 bits per heavy atom. The lowest BCUT2D eigenvalue weighted by atomic mass is 9.99. The Hall–Kier alpha value is -1.50. The Balaban J connectivity index is 0.00000312. The monoisotopic (exact) mass is 385 g/mol. The third-order valence-corrected chi connectivity index (χ3v) is 5.62. The SMILES string of the molecule is CCC(C)C(N)C(=O)NC(C)c1sc(-c2ccc(F)cc2)nc1C.Cl. The van der Waals surface area contributed by atoms with Crippen LogP contribution in [0.4, 0.5) is 4.39 Å². The van der Waals surface area contributed by atoms with Crippen molar-refractivity contribution in [3.63, 3.8) is 0 Å². The van der Waals surface area contributed by atoms with Crippen molar-refractivity contribution in [2.75, 3.05) is 0 Å². The molecule has 3 unspecified atom stereocenters. The van der Waals surface area contributed by atoms with Crippen LogP contribution in [-0.2, 0) is 4.79 Å². The van der Waals surface area contributed by atoms with E-state index in [1.54, 1.807) is 12.1 Å². The molecular weight excluding hydrogens is 361 g/mol. The molecular formula is C18H25ClFN3OS. The minimum atomic E-state index is -0.512. The van der Waals surface area contributed by atoms with Crippen LogP contribution in [0.15, 0.2) is 24.3 Å². The summed E-state index contributed by atoms with van der Waals surface area (Å²) < 4.78 is 13.1. The molecule has 3 atom stereocenters. The number of carbonyl (C=O) groups excluding carboxylic acids is 1. The summed E-state index contributed by atoms with van der Waals surface area (Å²) in [7, 11) is 0. The van der Waals surface area contributed by atoms with Gasteiger partial charge in [-0.05, 0) is 44.0 Å². The van der Waals surface area contributed by atoms with Crippen molar-refractivity contribution in [1.82, 2.24) is 10.3 Å². The molecule has 0 spiro atoms. The summed E-state index contributed by atoms with van der Waals surface area (Å²) in [4.78, 5) is 17.8. The van der Waals surface area contributed by atoms with Gasteiger partial charge in [0.1, 0.15) is 10.8 Å². The Labute approximate surface area is 158 Å². The van der Waals surface area contributed by atoms with Crippen LogP contribution in [-0.4, -0.2) is 16.9 Å². The van der Waals surface area contributed by atoms with E-state index in [0.717, 1.165) is 27.6 Å². The summed E-state index contributed by atoms with van der Waals surface area (Å²) in [5, 5.41) is 3.79. The number of amides is 1. The molecule has 1 aromatic heterocycles. The van der Waals surface area contributed by atoms with Crippen molar-refractivity contribution in [3.8, 4) is 10.6 Å². The van der Waals surface area contributed by atoms with Gasteiger partial charge in [-0.3, -0.25) is 4.79 Å². The van der Waals surface area contributed by atoms with E-state index in [9.17, 15) is 9.18 Å². The fourth-order valence-electron chi connectivity index (χ4n) is 2.41. The molecule has 4 nitrogen and oxygen atoms in total. The Kier molecular flexibility index (Phi) is 7.99. The van der Waals surface area contributed by atoms with Crippen LogP contribution in [0.3, 0.4) is 0 Å². The lowest BCUT2D eigenvalue weighted by Crippen LogP contribution is -2.45. The number of aryl methyl sites for hydroxylation is 1. The summed E-state index contributed by atoms with van der Waals surface area (Å²) in [5.41, 5.74) is 7.72. The first kappa shape index (κ1) is 21.5. The first-order valence-electron chi connectivity index (χ1n) is 8.12. The van der Waals surface area contributed by atoms with E-state index in [2.05, 4.69) is 10.3 Å². The minimum absolute atomic E-state index is 0. The molecule has 0 radical (unpaired) electrons. The average Bonchev–Trinajstić information content (AvgIpc) is 2.95. The number of hydrogen-bond acceptors (Lipinski definition) is 4. The quantitative estimate of drug-likeness (QED) is 0.781. The Morgan fingerprint density at radius 1 is 1.32 bits per heavy atom. The molecule has 138 valence electrons. The number of nitrogens with two attached hydrogens (primary N) is 1. The molecule has 1 aromatic carbocycles. The second-order valence-corrected chi connectivity index (χ2v) is 7.15. The van der Waals surface area contributed by atoms with Crippen LogP contribution in [0.5, 0.6) is 0 Å². The van der Waals surface area contributed by atoms with Gasteiger partial charge in [-0.2, -0.15) is 0 Å². The molecule has 1 amide bonds. The van der Waals surface area contributed by atoms with Gasteiger partial charge in [0, 0.05) is 5.56 Å². The van der Waals surface area contributed by atoms with E-state index < -0.39 is 6.04 Å². The van der Waals surface area contributed by atoms with Gasteiger partial charge in [-0.1, -0.05) is 20.3 Å². The van der Waals surface area contributed by atoms with Gasteiger partial charge in [-0.15, -0.1) is 23.7 Å². The van der Waals surface area contributed by atoms with E-state index in [0.29, 0.717) is 0 Å². The normalized spacial score (nSPS) is 14.3. The Bertz CT molecular complexity index is 705. The standard InChI is InChI=1S/C18H24FN3OS.ClH/c1-5-10(2)15(20)17(23)21-11(3)16-12(4)22-18(24-16)13-6-8-14(19)9-7-13;/h6-11,15H,5,20H2,1-4H3,(H,21,23);1H. The maximum absolute atomic E-state index is 13.1. The van der Waals surface area contributed by atoms with Crippen LogP contribution in [0.25, 0.3) is 10.6 Å². The summed E-state index contributed by atoms with van der Waals surface area (Å²) in [6.07, 6.45) is 0.858. The molecule has 0 saturated carbocycles. The van der Waals surface area contributed by atoms with E-state index in [1.807, 2.05) is 27.7 Å². The van der Waals surface area contributed by atoms with E-state index in [1.165, 1.54) is 23.5 Å². The average molecular weight is 386 g/mol.